The minimum Gasteiger partial charge on any atom is -0.478 e. The molecule has 0 fully saturated rings. The molecule has 1 aromatic carbocycles. The number of anilines is 1. The lowest BCUT2D eigenvalue weighted by atomic mass is 10.1. The van der Waals surface area contributed by atoms with Crippen molar-refractivity contribution in [2.24, 2.45) is 0 Å². The molecule has 0 atom stereocenters. The quantitative estimate of drug-likeness (QED) is 0.799. The van der Waals surface area contributed by atoms with Crippen LogP contribution in [0, 0.1) is 5.82 Å². The maximum absolute atomic E-state index is 13.5. The molecule has 0 saturated carbocycles. The Kier molecular flexibility index (Phi) is 3.97. The monoisotopic (exact) mass is 292 g/mol. The third-order valence-corrected chi connectivity index (χ3v) is 2.73. The van der Waals surface area contributed by atoms with Crippen molar-refractivity contribution in [1.29, 1.82) is 0 Å². The molecule has 0 aliphatic carbocycles. The Balaban J connectivity index is 2.27. The van der Waals surface area contributed by atoms with E-state index in [4.69, 9.17) is 5.11 Å². The number of nitrogens with one attached hydrogen (secondary N) is 2. The van der Waals surface area contributed by atoms with E-state index in [2.05, 4.69) is 20.5 Å². The van der Waals surface area contributed by atoms with Crippen molar-refractivity contribution in [3.8, 4) is 0 Å². The summed E-state index contributed by atoms with van der Waals surface area (Å²) in [7, 11) is 0. The van der Waals surface area contributed by atoms with Gasteiger partial charge in [-0.1, -0.05) is 19.9 Å². The zero-order chi connectivity index (χ0) is 15.6. The minimum atomic E-state index is -1.47. The lowest BCUT2D eigenvalue weighted by molar-refractivity contribution is 0.0693. The standard InChI is InChI=1S/C13H13FN4O3/c1-6(2)10-16-11(18-17-10)12(19)15-8-5-3-4-7(14)9(8)13(20)21/h3-6H,1-2H3,(H,15,19)(H,20,21)(H,16,17,18). The molecule has 1 heterocycles. The van der Waals surface area contributed by atoms with E-state index in [0.717, 1.165) is 6.07 Å². The first-order valence-electron chi connectivity index (χ1n) is 6.15. The van der Waals surface area contributed by atoms with Crippen LogP contribution in [-0.2, 0) is 0 Å². The van der Waals surface area contributed by atoms with E-state index in [1.165, 1.54) is 12.1 Å². The lowest BCUT2D eigenvalue weighted by Crippen LogP contribution is -2.17. The van der Waals surface area contributed by atoms with Gasteiger partial charge in [-0.25, -0.2) is 14.2 Å². The molecule has 2 aromatic rings. The number of carboxylic acids is 1. The highest BCUT2D eigenvalue weighted by molar-refractivity contribution is 6.05. The van der Waals surface area contributed by atoms with Gasteiger partial charge in [-0.2, -0.15) is 0 Å². The molecule has 1 amide bonds. The van der Waals surface area contributed by atoms with Gasteiger partial charge in [0.2, 0.25) is 5.82 Å². The predicted octanol–water partition coefficient (Wildman–Crippen LogP) is 2.02. The molecular weight excluding hydrogens is 279 g/mol. The number of aromatic amines is 1. The van der Waals surface area contributed by atoms with Crippen LogP contribution in [0.25, 0.3) is 0 Å². The number of hydrogen-bond donors (Lipinski definition) is 3. The van der Waals surface area contributed by atoms with Crippen LogP contribution in [0.4, 0.5) is 10.1 Å². The molecule has 0 spiro atoms. The zero-order valence-corrected chi connectivity index (χ0v) is 11.3. The molecule has 0 aliphatic rings. The number of aromatic nitrogens is 3. The number of H-pyrrole nitrogens is 1. The molecule has 110 valence electrons. The summed E-state index contributed by atoms with van der Waals surface area (Å²) in [5, 5.41) is 17.6. The number of carboxylic acid groups (broad SMARTS) is 1. The van der Waals surface area contributed by atoms with Crippen molar-refractivity contribution in [2.75, 3.05) is 5.32 Å². The number of halogens is 1. The molecule has 8 heteroatoms. The van der Waals surface area contributed by atoms with E-state index in [-0.39, 0.29) is 17.4 Å². The Morgan fingerprint density at radius 3 is 2.67 bits per heavy atom. The van der Waals surface area contributed by atoms with Crippen LogP contribution in [0.5, 0.6) is 0 Å². The normalized spacial score (nSPS) is 10.7. The van der Waals surface area contributed by atoms with Crippen LogP contribution < -0.4 is 5.32 Å². The lowest BCUT2D eigenvalue weighted by Gasteiger charge is -2.07. The van der Waals surface area contributed by atoms with E-state index in [1.807, 2.05) is 13.8 Å². The van der Waals surface area contributed by atoms with Gasteiger partial charge in [0.05, 0.1) is 5.69 Å². The van der Waals surface area contributed by atoms with Crippen molar-refractivity contribution in [2.45, 2.75) is 19.8 Å². The summed E-state index contributed by atoms with van der Waals surface area (Å²) in [6.07, 6.45) is 0. The Morgan fingerprint density at radius 1 is 1.38 bits per heavy atom. The van der Waals surface area contributed by atoms with E-state index in [1.54, 1.807) is 0 Å². The summed E-state index contributed by atoms with van der Waals surface area (Å²) in [5.74, 6) is -2.68. The van der Waals surface area contributed by atoms with Crippen LogP contribution >= 0.6 is 0 Å². The molecule has 2 rings (SSSR count). The first-order chi connectivity index (χ1) is 9.90. The topological polar surface area (TPSA) is 108 Å². The van der Waals surface area contributed by atoms with Gasteiger partial charge in [-0.05, 0) is 12.1 Å². The first-order valence-corrected chi connectivity index (χ1v) is 6.15. The average Bonchev–Trinajstić information content (AvgIpc) is 2.88. The van der Waals surface area contributed by atoms with Crippen LogP contribution in [0.2, 0.25) is 0 Å². The van der Waals surface area contributed by atoms with Gasteiger partial charge in [0, 0.05) is 5.92 Å². The van der Waals surface area contributed by atoms with Crippen molar-refractivity contribution < 1.29 is 19.1 Å². The number of rotatable bonds is 4. The number of aromatic carboxylic acids is 1. The van der Waals surface area contributed by atoms with E-state index in [9.17, 15) is 14.0 Å². The summed E-state index contributed by atoms with van der Waals surface area (Å²) >= 11 is 0. The molecule has 3 N–H and O–H groups in total. The zero-order valence-electron chi connectivity index (χ0n) is 11.3. The van der Waals surface area contributed by atoms with Crippen LogP contribution in [-0.4, -0.2) is 32.2 Å². The second-order valence-corrected chi connectivity index (χ2v) is 4.62. The molecular formula is C13H13FN4O3. The second kappa shape index (κ2) is 5.70. The van der Waals surface area contributed by atoms with Crippen LogP contribution in [0.1, 0.15) is 46.6 Å². The average molecular weight is 292 g/mol. The van der Waals surface area contributed by atoms with Gasteiger partial charge in [-0.15, -0.1) is 5.10 Å². The fourth-order valence-corrected chi connectivity index (χ4v) is 1.66. The molecule has 21 heavy (non-hydrogen) atoms. The number of carbonyl (C=O) groups is 2. The molecule has 7 nitrogen and oxygen atoms in total. The Hall–Kier alpha value is -2.77. The fraction of sp³-hybridized carbons (Fsp3) is 0.231. The van der Waals surface area contributed by atoms with Gasteiger partial charge < -0.3 is 10.4 Å². The van der Waals surface area contributed by atoms with Gasteiger partial charge in [0.1, 0.15) is 17.2 Å². The summed E-state index contributed by atoms with van der Waals surface area (Å²) in [6.45, 7) is 3.74. The predicted molar refractivity (Wildman–Crippen MR) is 71.8 cm³/mol. The highest BCUT2D eigenvalue weighted by Crippen LogP contribution is 2.19. The number of nitrogens with zero attached hydrogens (tertiary/aromatic N) is 2. The summed E-state index contributed by atoms with van der Waals surface area (Å²) in [6, 6.07) is 3.60. The van der Waals surface area contributed by atoms with Crippen molar-refractivity contribution in [3.05, 3.63) is 41.2 Å². The van der Waals surface area contributed by atoms with E-state index in [0.29, 0.717) is 5.82 Å². The van der Waals surface area contributed by atoms with Gasteiger partial charge in [0.15, 0.2) is 0 Å². The molecule has 0 bridgehead atoms. The molecule has 0 saturated heterocycles. The third-order valence-electron chi connectivity index (χ3n) is 2.73. The largest absolute Gasteiger partial charge is 0.478 e. The number of carbonyl (C=O) groups excluding carboxylic acids is 1. The van der Waals surface area contributed by atoms with Crippen molar-refractivity contribution in [1.82, 2.24) is 15.2 Å². The second-order valence-electron chi connectivity index (χ2n) is 4.62. The van der Waals surface area contributed by atoms with Gasteiger partial charge in [-0.3, -0.25) is 9.89 Å². The third kappa shape index (κ3) is 3.04. The Bertz CT molecular complexity index is 696. The van der Waals surface area contributed by atoms with E-state index < -0.39 is 23.3 Å². The van der Waals surface area contributed by atoms with Crippen molar-refractivity contribution >= 4 is 17.6 Å². The van der Waals surface area contributed by atoms with Gasteiger partial charge in [0.25, 0.3) is 5.91 Å². The molecule has 1 aromatic heterocycles. The first kappa shape index (κ1) is 14.6. The molecule has 0 aliphatic heterocycles. The highest BCUT2D eigenvalue weighted by atomic mass is 19.1. The number of hydrogen-bond acceptors (Lipinski definition) is 4. The van der Waals surface area contributed by atoms with Gasteiger partial charge >= 0.3 is 5.97 Å². The number of amides is 1. The number of benzene rings is 1. The van der Waals surface area contributed by atoms with Crippen LogP contribution in [0.15, 0.2) is 18.2 Å². The maximum Gasteiger partial charge on any atom is 0.340 e. The van der Waals surface area contributed by atoms with E-state index >= 15 is 0 Å². The Morgan fingerprint density at radius 2 is 2.10 bits per heavy atom. The Labute approximate surface area is 119 Å². The van der Waals surface area contributed by atoms with Crippen molar-refractivity contribution in [3.63, 3.8) is 0 Å². The molecule has 0 radical (unpaired) electrons. The summed E-state index contributed by atoms with van der Waals surface area (Å²) in [4.78, 5) is 27.0. The highest BCUT2D eigenvalue weighted by Gasteiger charge is 2.20. The SMILES string of the molecule is CC(C)c1nc(C(=O)Nc2cccc(F)c2C(=O)O)n[nH]1. The minimum absolute atomic E-state index is 0.0581. The smallest absolute Gasteiger partial charge is 0.340 e. The maximum atomic E-state index is 13.5. The molecule has 0 unspecified atom stereocenters. The summed E-state index contributed by atoms with van der Waals surface area (Å²) < 4.78 is 13.5. The summed E-state index contributed by atoms with van der Waals surface area (Å²) in [5.41, 5.74) is -0.756. The van der Waals surface area contributed by atoms with Crippen LogP contribution in [0.3, 0.4) is 0 Å². The fourth-order valence-electron chi connectivity index (χ4n) is 1.66.